The molecule has 0 aliphatic carbocycles. The molecule has 0 aliphatic heterocycles. The van der Waals surface area contributed by atoms with Crippen molar-refractivity contribution in [2.45, 2.75) is 45.0 Å². The number of likely N-dealkylation sites (N-methyl/N-ethyl adjacent to an activating group) is 1. The summed E-state index contributed by atoms with van der Waals surface area (Å²) in [5.41, 5.74) is -0.160. The van der Waals surface area contributed by atoms with Crippen LogP contribution in [0.1, 0.15) is 39.5 Å². The first kappa shape index (κ1) is 35.7. The Labute approximate surface area is 228 Å². The van der Waals surface area contributed by atoms with E-state index in [0.29, 0.717) is 46.0 Å². The zero-order chi connectivity index (χ0) is 28.6. The van der Waals surface area contributed by atoms with E-state index in [1.165, 1.54) is 11.8 Å². The number of nitrogens with one attached hydrogen (secondary N) is 4. The van der Waals surface area contributed by atoms with Crippen molar-refractivity contribution in [1.82, 2.24) is 21.3 Å². The average Bonchev–Trinajstić information content (AvgIpc) is 2.88. The minimum Gasteiger partial charge on any atom is -0.480 e. The number of Topliss-reactive ketones (excluding diaryl/α,β-unsaturated/α-hetero) is 1. The minimum atomic E-state index is -1.20. The van der Waals surface area contributed by atoms with Gasteiger partial charge in [0.1, 0.15) is 17.8 Å². The van der Waals surface area contributed by atoms with Crippen molar-refractivity contribution in [2.75, 3.05) is 72.0 Å². The summed E-state index contributed by atoms with van der Waals surface area (Å²) in [6.45, 7) is 6.22. The first-order valence-corrected chi connectivity index (χ1v) is 13.8. The summed E-state index contributed by atoms with van der Waals surface area (Å²) >= 11 is 1.33. The fraction of sp³-hybridized carbons (Fsp3) is 0.792. The highest BCUT2D eigenvalue weighted by Gasteiger charge is 2.23. The van der Waals surface area contributed by atoms with Gasteiger partial charge in [-0.05, 0) is 33.7 Å². The summed E-state index contributed by atoms with van der Waals surface area (Å²) in [5.74, 6) is -3.25. The second-order valence-corrected chi connectivity index (χ2v) is 9.52. The highest BCUT2D eigenvalue weighted by atomic mass is 32.2. The largest absolute Gasteiger partial charge is 0.480 e. The molecular formula is C24H44N4O9S. The van der Waals surface area contributed by atoms with Gasteiger partial charge in [0.15, 0.2) is 0 Å². The number of ketones is 1. The fourth-order valence-electron chi connectivity index (χ4n) is 3.06. The molecule has 0 bridgehead atoms. The Morgan fingerprint density at radius 1 is 0.895 bits per heavy atom. The average molecular weight is 565 g/mol. The van der Waals surface area contributed by atoms with Crippen LogP contribution in [0, 0.1) is 5.92 Å². The van der Waals surface area contributed by atoms with Gasteiger partial charge in [0.2, 0.25) is 17.7 Å². The molecule has 13 nitrogen and oxygen atoms in total. The smallest absolute Gasteiger partial charge is 0.322 e. The van der Waals surface area contributed by atoms with Crippen LogP contribution in [0.5, 0.6) is 0 Å². The lowest BCUT2D eigenvalue weighted by molar-refractivity contribution is -0.138. The van der Waals surface area contributed by atoms with Crippen LogP contribution in [0.25, 0.3) is 0 Å². The first-order valence-electron chi connectivity index (χ1n) is 12.8. The molecule has 0 radical (unpaired) electrons. The van der Waals surface area contributed by atoms with Crippen molar-refractivity contribution < 1.29 is 43.3 Å². The monoisotopic (exact) mass is 564 g/mol. The highest BCUT2D eigenvalue weighted by molar-refractivity contribution is 8.00. The van der Waals surface area contributed by atoms with Crippen LogP contribution in [0.3, 0.4) is 0 Å². The molecule has 2 unspecified atom stereocenters. The molecule has 2 atom stereocenters. The molecule has 0 spiro atoms. The molecular weight excluding hydrogens is 520 g/mol. The topological polar surface area (TPSA) is 181 Å². The van der Waals surface area contributed by atoms with E-state index in [1.807, 2.05) is 20.9 Å². The first-order chi connectivity index (χ1) is 18.2. The molecule has 0 rings (SSSR count). The van der Waals surface area contributed by atoms with Gasteiger partial charge < -0.3 is 40.6 Å². The van der Waals surface area contributed by atoms with Crippen LogP contribution in [0.4, 0.5) is 0 Å². The number of carboxylic acid groups (broad SMARTS) is 1. The number of carbonyl (C=O) groups excluding carboxylic acids is 4. The summed E-state index contributed by atoms with van der Waals surface area (Å²) in [6, 6.07) is 0. The predicted molar refractivity (Wildman–Crippen MR) is 143 cm³/mol. The normalized spacial score (nSPS) is 12.4. The summed E-state index contributed by atoms with van der Waals surface area (Å²) < 4.78 is 16.1. The van der Waals surface area contributed by atoms with E-state index in [9.17, 15) is 24.0 Å². The lowest BCUT2D eigenvalue weighted by Gasteiger charge is -2.17. The third kappa shape index (κ3) is 21.8. The molecule has 0 aromatic carbocycles. The molecule has 38 heavy (non-hydrogen) atoms. The van der Waals surface area contributed by atoms with E-state index in [2.05, 4.69) is 21.3 Å². The molecule has 0 aromatic rings. The molecule has 0 aromatic heterocycles. The lowest BCUT2D eigenvalue weighted by Crippen LogP contribution is -2.41. The molecule has 0 saturated heterocycles. The van der Waals surface area contributed by atoms with Crippen LogP contribution in [-0.2, 0) is 38.2 Å². The van der Waals surface area contributed by atoms with Crippen molar-refractivity contribution >= 4 is 41.2 Å². The Morgan fingerprint density at radius 3 is 2.21 bits per heavy atom. The number of hydrogen-bond acceptors (Lipinski definition) is 10. The number of hydrogen-bond donors (Lipinski definition) is 5. The Hall–Kier alpha value is -2.26. The summed E-state index contributed by atoms with van der Waals surface area (Å²) in [4.78, 5) is 59.5. The number of carbonyl (C=O) groups is 5. The zero-order valence-corrected chi connectivity index (χ0v) is 23.5. The van der Waals surface area contributed by atoms with Crippen LogP contribution < -0.4 is 21.3 Å². The second-order valence-electron chi connectivity index (χ2n) is 8.23. The van der Waals surface area contributed by atoms with Crippen LogP contribution in [0.2, 0.25) is 0 Å². The maximum absolute atomic E-state index is 12.7. The third-order valence-electron chi connectivity index (χ3n) is 4.98. The Bertz CT molecular complexity index is 712. The van der Waals surface area contributed by atoms with Crippen LogP contribution in [0.15, 0.2) is 0 Å². The maximum atomic E-state index is 12.7. The molecule has 5 N–H and O–H groups in total. The van der Waals surface area contributed by atoms with Gasteiger partial charge in [-0.15, -0.1) is 11.8 Å². The van der Waals surface area contributed by atoms with Crippen molar-refractivity contribution in [2.24, 2.45) is 5.92 Å². The standard InChI is InChI=1S/C24H44N4O9S/c1-4-37-18(2)38-17-20(29)14-19(24(34)28-15-22(31)27-16-23(32)33)6-5-7-21(30)26-9-11-36-13-12-35-10-8-25-3/h18-19,25H,4-17H2,1-3H3,(H,26,30)(H,27,31)(H,28,34)(H,32,33). The minimum absolute atomic E-state index is 0.0414. The van der Waals surface area contributed by atoms with E-state index < -0.39 is 36.8 Å². The van der Waals surface area contributed by atoms with Crippen LogP contribution >= 0.6 is 11.8 Å². The second kappa shape index (κ2) is 23.8. The molecule has 0 fully saturated rings. The molecule has 0 saturated carbocycles. The van der Waals surface area contributed by atoms with Gasteiger partial charge >= 0.3 is 5.97 Å². The van der Waals surface area contributed by atoms with E-state index in [0.717, 1.165) is 6.54 Å². The zero-order valence-electron chi connectivity index (χ0n) is 22.7. The van der Waals surface area contributed by atoms with Crippen molar-refractivity contribution in [3.8, 4) is 0 Å². The predicted octanol–water partition coefficient (Wildman–Crippen LogP) is -0.466. The Balaban J connectivity index is 4.50. The van der Waals surface area contributed by atoms with E-state index in [-0.39, 0.29) is 42.1 Å². The highest BCUT2D eigenvalue weighted by Crippen LogP contribution is 2.18. The fourth-order valence-corrected chi connectivity index (χ4v) is 3.83. The third-order valence-corrected chi connectivity index (χ3v) is 6.07. The molecule has 14 heteroatoms. The molecule has 0 heterocycles. The maximum Gasteiger partial charge on any atom is 0.322 e. The number of amides is 3. The van der Waals surface area contributed by atoms with Gasteiger partial charge in [0.25, 0.3) is 0 Å². The molecule has 220 valence electrons. The van der Waals surface area contributed by atoms with Crippen LogP contribution in [-0.4, -0.2) is 112 Å². The molecule has 3 amide bonds. The number of carboxylic acids is 1. The number of ether oxygens (including phenoxy) is 3. The quantitative estimate of drug-likeness (QED) is 0.0714. The van der Waals surface area contributed by atoms with Crippen molar-refractivity contribution in [3.05, 3.63) is 0 Å². The summed E-state index contributed by atoms with van der Waals surface area (Å²) in [5, 5.41) is 18.9. The van der Waals surface area contributed by atoms with Crippen molar-refractivity contribution in [3.63, 3.8) is 0 Å². The summed E-state index contributed by atoms with van der Waals surface area (Å²) in [7, 11) is 1.84. The van der Waals surface area contributed by atoms with E-state index in [1.54, 1.807) is 0 Å². The Morgan fingerprint density at radius 2 is 1.58 bits per heavy atom. The lowest BCUT2D eigenvalue weighted by atomic mass is 9.95. The van der Waals surface area contributed by atoms with Gasteiger partial charge in [0.05, 0.1) is 38.7 Å². The van der Waals surface area contributed by atoms with Gasteiger partial charge in [-0.2, -0.15) is 0 Å². The van der Waals surface area contributed by atoms with Gasteiger partial charge in [0, 0.05) is 38.5 Å². The summed E-state index contributed by atoms with van der Waals surface area (Å²) in [6.07, 6.45) is 0.763. The van der Waals surface area contributed by atoms with E-state index >= 15 is 0 Å². The van der Waals surface area contributed by atoms with Gasteiger partial charge in [-0.1, -0.05) is 0 Å². The number of aliphatic carboxylic acids is 1. The molecule has 0 aliphatic rings. The van der Waals surface area contributed by atoms with E-state index in [4.69, 9.17) is 19.3 Å². The van der Waals surface area contributed by atoms with Crippen molar-refractivity contribution in [1.29, 1.82) is 0 Å². The number of thioether (sulfide) groups is 1. The van der Waals surface area contributed by atoms with Gasteiger partial charge in [-0.25, -0.2) is 0 Å². The Kier molecular flexibility index (Phi) is 22.4. The SMILES string of the molecule is CCOC(C)SCC(=O)CC(CCCC(=O)NCCOCCOCCNC)C(=O)NCC(=O)NCC(=O)O. The van der Waals surface area contributed by atoms with Gasteiger partial charge in [-0.3, -0.25) is 24.0 Å². The number of rotatable bonds is 25.